The third-order valence-corrected chi connectivity index (χ3v) is 8.65. The second-order valence-corrected chi connectivity index (χ2v) is 10.2. The maximum Gasteiger partial charge on any atom is -1.00 e. The summed E-state index contributed by atoms with van der Waals surface area (Å²) in [5, 5.41) is 0. The van der Waals surface area contributed by atoms with E-state index >= 15 is 0 Å². The van der Waals surface area contributed by atoms with Gasteiger partial charge in [0.25, 0.3) is 0 Å². The van der Waals surface area contributed by atoms with Crippen molar-refractivity contribution in [3.63, 3.8) is 0 Å². The topological polar surface area (TPSA) is 0 Å². The fourth-order valence-corrected chi connectivity index (χ4v) is 7.61. The molecule has 3 aliphatic rings. The molecule has 0 N–H and O–H groups in total. The van der Waals surface area contributed by atoms with Crippen LogP contribution in [-0.4, -0.2) is 0 Å². The van der Waals surface area contributed by atoms with Gasteiger partial charge in [-0.2, -0.15) is 0 Å². The number of hydrogen-bond acceptors (Lipinski definition) is 0. The first kappa shape index (κ1) is 19.8. The molecule has 0 aliphatic heterocycles. The number of rotatable bonds is 4. The molecule has 0 fully saturated rings. The second-order valence-electron chi connectivity index (χ2n) is 6.45. The van der Waals surface area contributed by atoms with Crippen LogP contribution in [-0.2, 0) is 23.2 Å². The predicted molar refractivity (Wildman–Crippen MR) is 78.6 cm³/mol. The number of hydrogen-bond donors (Lipinski definition) is 0. The Labute approximate surface area is 162 Å². The molecule has 0 aromatic carbocycles. The van der Waals surface area contributed by atoms with Crippen LogP contribution in [0.3, 0.4) is 0 Å². The van der Waals surface area contributed by atoms with Crippen LogP contribution < -0.4 is 34.0 Å². The van der Waals surface area contributed by atoms with Gasteiger partial charge >= 0.3 is 129 Å². The third kappa shape index (κ3) is 4.88. The molecule has 0 bridgehead atoms. The van der Waals surface area contributed by atoms with Crippen LogP contribution in [0.1, 0.15) is 52.4 Å². The maximum atomic E-state index is 2.56. The smallest absolute Gasteiger partial charge is 1.00 e. The molecule has 0 radical (unpaired) electrons. The Morgan fingerprint density at radius 2 is 1.90 bits per heavy atom. The van der Waals surface area contributed by atoms with E-state index in [1.165, 1.54) is 38.5 Å². The molecular formula is C18H24Br2Zr. The van der Waals surface area contributed by atoms with Gasteiger partial charge < -0.3 is 34.0 Å². The van der Waals surface area contributed by atoms with E-state index < -0.39 is 23.2 Å². The molecule has 3 rings (SSSR count). The minimum atomic E-state index is -0.433. The van der Waals surface area contributed by atoms with Gasteiger partial charge in [-0.3, -0.25) is 0 Å². The van der Waals surface area contributed by atoms with Crippen LogP contribution in [0.15, 0.2) is 44.3 Å². The van der Waals surface area contributed by atoms with Crippen molar-refractivity contribution in [3.05, 3.63) is 44.3 Å². The Hall–Kier alpha value is 0.803. The average molecular weight is 491 g/mol. The van der Waals surface area contributed by atoms with Gasteiger partial charge in [-0.1, -0.05) is 0 Å². The van der Waals surface area contributed by atoms with Gasteiger partial charge in [0.15, 0.2) is 0 Å². The van der Waals surface area contributed by atoms with Crippen molar-refractivity contribution in [2.75, 3.05) is 0 Å². The summed E-state index contributed by atoms with van der Waals surface area (Å²) in [6.07, 6.45) is 18.0. The van der Waals surface area contributed by atoms with Gasteiger partial charge in [0.05, 0.1) is 0 Å². The van der Waals surface area contributed by atoms with Gasteiger partial charge in [-0.15, -0.1) is 0 Å². The summed E-state index contributed by atoms with van der Waals surface area (Å²) in [4.78, 5) is 0. The van der Waals surface area contributed by atoms with Crippen molar-refractivity contribution in [1.29, 1.82) is 0 Å². The van der Waals surface area contributed by atoms with Gasteiger partial charge in [-0.25, -0.2) is 0 Å². The van der Waals surface area contributed by atoms with Crippen molar-refractivity contribution in [1.82, 2.24) is 0 Å². The van der Waals surface area contributed by atoms with Crippen molar-refractivity contribution in [2.24, 2.45) is 5.92 Å². The molecule has 21 heavy (non-hydrogen) atoms. The molecule has 1 atom stereocenters. The van der Waals surface area contributed by atoms with E-state index in [2.05, 4.69) is 38.2 Å². The number of halogens is 2. The summed E-state index contributed by atoms with van der Waals surface area (Å²) in [6, 6.07) is 0. The summed E-state index contributed by atoms with van der Waals surface area (Å²) in [5.41, 5.74) is 5.27. The Bertz CT molecular complexity index is 483. The van der Waals surface area contributed by atoms with Gasteiger partial charge in [0.2, 0.25) is 0 Å². The Morgan fingerprint density at radius 3 is 2.67 bits per heavy atom. The molecule has 0 amide bonds. The Balaban J connectivity index is 0.00000110. The molecule has 0 aromatic rings. The Morgan fingerprint density at radius 1 is 1.14 bits per heavy atom. The van der Waals surface area contributed by atoms with Crippen LogP contribution in [0.25, 0.3) is 0 Å². The first-order chi connectivity index (χ1) is 9.24. The van der Waals surface area contributed by atoms with Gasteiger partial charge in [0, 0.05) is 0 Å². The fraction of sp³-hybridized carbons (Fsp3) is 0.556. The summed E-state index contributed by atoms with van der Waals surface area (Å²) in [6.45, 7) is 4.69. The van der Waals surface area contributed by atoms with E-state index in [-0.39, 0.29) is 34.0 Å². The minimum Gasteiger partial charge on any atom is -1.00 e. The zero-order chi connectivity index (χ0) is 13.2. The molecule has 3 aliphatic carbocycles. The third-order valence-electron chi connectivity index (χ3n) is 4.41. The summed E-state index contributed by atoms with van der Waals surface area (Å²) < 4.78 is 2.78. The van der Waals surface area contributed by atoms with E-state index in [0.29, 0.717) is 0 Å². The van der Waals surface area contributed by atoms with E-state index in [0.717, 1.165) is 9.54 Å². The Kier molecular flexibility index (Phi) is 8.68. The second kappa shape index (κ2) is 9.18. The number of allylic oxidation sites excluding steroid dienone is 8. The minimum absolute atomic E-state index is 0. The largest absolute Gasteiger partial charge is 1.00 e. The van der Waals surface area contributed by atoms with E-state index in [4.69, 9.17) is 0 Å². The van der Waals surface area contributed by atoms with Crippen LogP contribution in [0.2, 0.25) is 3.63 Å². The van der Waals surface area contributed by atoms with E-state index in [1.807, 2.05) is 8.85 Å². The molecule has 1 unspecified atom stereocenters. The SMILES string of the molecule is CC(C)CC1=[C]([Zr+2][CH]2C=CC3=C2CCCC3)CC=C1.[Br-].[Br-]. The predicted octanol–water partition coefficient (Wildman–Crippen LogP) is -0.434. The van der Waals surface area contributed by atoms with Crippen molar-refractivity contribution in [3.8, 4) is 0 Å². The first-order valence-electron chi connectivity index (χ1n) is 7.79. The molecule has 0 saturated heterocycles. The van der Waals surface area contributed by atoms with Crippen molar-refractivity contribution in [2.45, 2.75) is 56.0 Å². The normalized spacial score (nSPS) is 23.1. The van der Waals surface area contributed by atoms with Crippen LogP contribution >= 0.6 is 0 Å². The quantitative estimate of drug-likeness (QED) is 0.501. The monoisotopic (exact) mass is 488 g/mol. The van der Waals surface area contributed by atoms with E-state index in [1.54, 1.807) is 11.1 Å². The van der Waals surface area contributed by atoms with Crippen LogP contribution in [0.4, 0.5) is 0 Å². The molecule has 0 aromatic heterocycles. The van der Waals surface area contributed by atoms with Gasteiger partial charge in [-0.05, 0) is 0 Å². The summed E-state index contributed by atoms with van der Waals surface area (Å²) in [7, 11) is 0. The molecule has 114 valence electrons. The molecular weight excluding hydrogens is 467 g/mol. The van der Waals surface area contributed by atoms with Gasteiger partial charge in [0.1, 0.15) is 0 Å². The summed E-state index contributed by atoms with van der Waals surface area (Å²) in [5.74, 6) is 0.802. The fourth-order valence-electron chi connectivity index (χ4n) is 3.48. The zero-order valence-corrected chi connectivity index (χ0v) is 18.6. The molecule has 0 heterocycles. The summed E-state index contributed by atoms with van der Waals surface area (Å²) >= 11 is -0.433. The van der Waals surface area contributed by atoms with E-state index in [9.17, 15) is 0 Å². The zero-order valence-electron chi connectivity index (χ0n) is 13.0. The maximum absolute atomic E-state index is 2.56. The molecule has 0 nitrogen and oxygen atoms in total. The molecule has 3 heteroatoms. The molecule has 0 spiro atoms. The standard InChI is InChI=1S/C9H11.C9H13.2BrH.Zr/c1-2-5-9-7-3-6-8(9)4-1;1-8(2)7-9-5-3-4-6-9;;;/h3,6-7H,1-2,4-5H2;3,5,8H,4,7H2,1-2H3;2*1H;/q;;;;+2/p-2. The van der Waals surface area contributed by atoms with Crippen LogP contribution in [0.5, 0.6) is 0 Å². The van der Waals surface area contributed by atoms with Crippen molar-refractivity contribution < 1.29 is 57.2 Å². The molecule has 0 saturated carbocycles. The van der Waals surface area contributed by atoms with Crippen LogP contribution in [0, 0.1) is 5.92 Å². The average Bonchev–Trinajstić information content (AvgIpc) is 2.98. The first-order valence-corrected chi connectivity index (χ1v) is 10.4. The van der Waals surface area contributed by atoms with Crippen molar-refractivity contribution >= 4 is 0 Å².